The van der Waals surface area contributed by atoms with Crippen molar-refractivity contribution < 1.29 is 4.74 Å². The summed E-state index contributed by atoms with van der Waals surface area (Å²) in [5, 5.41) is 0. The molecule has 0 saturated heterocycles. The molecule has 18 heavy (non-hydrogen) atoms. The zero-order valence-electron chi connectivity index (χ0n) is 10.3. The van der Waals surface area contributed by atoms with E-state index in [2.05, 4.69) is 24.3 Å². The van der Waals surface area contributed by atoms with Gasteiger partial charge in [0.25, 0.3) is 0 Å². The van der Waals surface area contributed by atoms with E-state index in [9.17, 15) is 0 Å². The molecular formula is C16H17ClO. The Morgan fingerprint density at radius 2 is 1.33 bits per heavy atom. The monoisotopic (exact) mass is 260 g/mol. The van der Waals surface area contributed by atoms with E-state index >= 15 is 0 Å². The van der Waals surface area contributed by atoms with Gasteiger partial charge in [-0.25, -0.2) is 0 Å². The number of halogens is 1. The lowest BCUT2D eigenvalue weighted by Crippen LogP contribution is -2.07. The topological polar surface area (TPSA) is 9.23 Å². The second-order valence-electron chi connectivity index (χ2n) is 4.11. The Bertz CT molecular complexity index is 402. The highest BCUT2D eigenvalue weighted by Crippen LogP contribution is 2.25. The van der Waals surface area contributed by atoms with Gasteiger partial charge in [0.05, 0.1) is 0 Å². The standard InChI is InChI=1S/C16H17ClO/c17-12-7-13-18-16(14-8-3-1-4-9-14)15-10-5-2-6-11-15/h1-6,8-11,16H,7,12-13H2. The molecule has 0 radical (unpaired) electrons. The number of alkyl halides is 1. The third kappa shape index (κ3) is 3.59. The van der Waals surface area contributed by atoms with Gasteiger partial charge in [-0.3, -0.25) is 0 Å². The molecule has 0 bridgehead atoms. The van der Waals surface area contributed by atoms with Crippen LogP contribution in [-0.2, 0) is 4.74 Å². The van der Waals surface area contributed by atoms with Crippen LogP contribution in [0.1, 0.15) is 23.7 Å². The van der Waals surface area contributed by atoms with Crippen LogP contribution in [-0.4, -0.2) is 12.5 Å². The molecule has 0 aromatic heterocycles. The fourth-order valence-electron chi connectivity index (χ4n) is 1.90. The summed E-state index contributed by atoms with van der Waals surface area (Å²) in [6.07, 6.45) is 0.869. The molecule has 0 N–H and O–H groups in total. The van der Waals surface area contributed by atoms with E-state index < -0.39 is 0 Å². The highest BCUT2D eigenvalue weighted by molar-refractivity contribution is 6.17. The third-order valence-corrected chi connectivity index (χ3v) is 3.03. The number of hydrogen-bond acceptors (Lipinski definition) is 1. The van der Waals surface area contributed by atoms with E-state index in [4.69, 9.17) is 16.3 Å². The second kappa shape index (κ2) is 7.20. The Morgan fingerprint density at radius 3 is 1.78 bits per heavy atom. The van der Waals surface area contributed by atoms with Crippen molar-refractivity contribution in [2.24, 2.45) is 0 Å². The fourth-order valence-corrected chi connectivity index (χ4v) is 2.01. The van der Waals surface area contributed by atoms with Gasteiger partial charge >= 0.3 is 0 Å². The van der Waals surface area contributed by atoms with Crippen LogP contribution in [0.15, 0.2) is 60.7 Å². The van der Waals surface area contributed by atoms with Crippen LogP contribution in [0.5, 0.6) is 0 Å². The van der Waals surface area contributed by atoms with Crippen LogP contribution in [0.25, 0.3) is 0 Å². The molecule has 0 aliphatic heterocycles. The maximum atomic E-state index is 5.97. The first-order valence-corrected chi connectivity index (χ1v) is 6.72. The zero-order valence-corrected chi connectivity index (χ0v) is 11.0. The van der Waals surface area contributed by atoms with Crippen molar-refractivity contribution >= 4 is 11.6 Å². The van der Waals surface area contributed by atoms with Crippen LogP contribution in [0.4, 0.5) is 0 Å². The predicted molar refractivity (Wildman–Crippen MR) is 76.0 cm³/mol. The lowest BCUT2D eigenvalue weighted by molar-refractivity contribution is 0.0810. The van der Waals surface area contributed by atoms with Crippen molar-refractivity contribution in [3.63, 3.8) is 0 Å². The molecule has 0 heterocycles. The van der Waals surface area contributed by atoms with Crippen LogP contribution in [0, 0.1) is 0 Å². The molecule has 0 amide bonds. The van der Waals surface area contributed by atoms with E-state index in [1.165, 1.54) is 11.1 Å². The minimum Gasteiger partial charge on any atom is -0.369 e. The summed E-state index contributed by atoms with van der Waals surface area (Å²) in [5.41, 5.74) is 2.36. The molecule has 0 spiro atoms. The fraction of sp³-hybridized carbons (Fsp3) is 0.250. The number of benzene rings is 2. The molecule has 0 aliphatic carbocycles. The van der Waals surface area contributed by atoms with Crippen molar-refractivity contribution in [3.05, 3.63) is 71.8 Å². The first kappa shape index (κ1) is 13.1. The second-order valence-corrected chi connectivity index (χ2v) is 4.49. The molecule has 0 aliphatic rings. The quantitative estimate of drug-likeness (QED) is 0.552. The summed E-state index contributed by atoms with van der Waals surface area (Å²) >= 11 is 5.70. The zero-order chi connectivity index (χ0) is 12.6. The minimum absolute atomic E-state index is 0.00406. The van der Waals surface area contributed by atoms with Crippen molar-refractivity contribution in [1.29, 1.82) is 0 Å². The molecule has 0 saturated carbocycles. The average molecular weight is 261 g/mol. The van der Waals surface area contributed by atoms with Crippen LogP contribution >= 0.6 is 11.6 Å². The molecular weight excluding hydrogens is 244 g/mol. The summed E-state index contributed by atoms with van der Waals surface area (Å²) in [6, 6.07) is 20.6. The molecule has 2 rings (SSSR count). The SMILES string of the molecule is ClCCCOC(c1ccccc1)c1ccccc1. The molecule has 94 valence electrons. The van der Waals surface area contributed by atoms with Gasteiger partial charge in [0.1, 0.15) is 6.10 Å². The molecule has 1 nitrogen and oxygen atoms in total. The summed E-state index contributed by atoms with van der Waals surface area (Å²) < 4.78 is 5.97. The maximum Gasteiger partial charge on any atom is 0.108 e. The van der Waals surface area contributed by atoms with Gasteiger partial charge in [0, 0.05) is 12.5 Å². The molecule has 0 fully saturated rings. The van der Waals surface area contributed by atoms with Gasteiger partial charge in [-0.05, 0) is 17.5 Å². The normalized spacial score (nSPS) is 10.8. The largest absolute Gasteiger partial charge is 0.369 e. The van der Waals surface area contributed by atoms with E-state index in [0.29, 0.717) is 12.5 Å². The number of hydrogen-bond donors (Lipinski definition) is 0. The smallest absolute Gasteiger partial charge is 0.108 e. The summed E-state index contributed by atoms with van der Waals surface area (Å²) in [4.78, 5) is 0. The lowest BCUT2D eigenvalue weighted by atomic mass is 10.0. The van der Waals surface area contributed by atoms with Crippen molar-refractivity contribution in [2.75, 3.05) is 12.5 Å². The van der Waals surface area contributed by atoms with E-state index in [0.717, 1.165) is 6.42 Å². The number of rotatable bonds is 6. The van der Waals surface area contributed by atoms with Gasteiger partial charge in [-0.2, -0.15) is 0 Å². The van der Waals surface area contributed by atoms with Gasteiger partial charge in [-0.1, -0.05) is 60.7 Å². The van der Waals surface area contributed by atoms with Gasteiger partial charge in [0.15, 0.2) is 0 Å². The highest BCUT2D eigenvalue weighted by atomic mass is 35.5. The Labute approximate surface area is 113 Å². The molecule has 0 unspecified atom stereocenters. The Kier molecular flexibility index (Phi) is 5.25. The van der Waals surface area contributed by atoms with E-state index in [1.54, 1.807) is 0 Å². The molecule has 2 heteroatoms. The first-order valence-electron chi connectivity index (χ1n) is 6.19. The minimum atomic E-state index is -0.00406. The van der Waals surface area contributed by atoms with Crippen LogP contribution in [0.2, 0.25) is 0 Å². The van der Waals surface area contributed by atoms with Gasteiger partial charge < -0.3 is 4.74 Å². The van der Waals surface area contributed by atoms with Crippen molar-refractivity contribution in [3.8, 4) is 0 Å². The Morgan fingerprint density at radius 1 is 0.833 bits per heavy atom. The average Bonchev–Trinajstić information content (AvgIpc) is 2.46. The number of ether oxygens (including phenoxy) is 1. The maximum absolute atomic E-state index is 5.97. The Balaban J connectivity index is 2.18. The first-order chi connectivity index (χ1) is 8.92. The van der Waals surface area contributed by atoms with E-state index in [-0.39, 0.29) is 6.10 Å². The Hall–Kier alpha value is -1.31. The van der Waals surface area contributed by atoms with Crippen molar-refractivity contribution in [2.45, 2.75) is 12.5 Å². The summed E-state index contributed by atoms with van der Waals surface area (Å²) in [6.45, 7) is 0.679. The van der Waals surface area contributed by atoms with E-state index in [1.807, 2.05) is 36.4 Å². The van der Waals surface area contributed by atoms with Crippen LogP contribution in [0.3, 0.4) is 0 Å². The highest BCUT2D eigenvalue weighted by Gasteiger charge is 2.13. The summed E-state index contributed by atoms with van der Waals surface area (Å²) in [5.74, 6) is 0.635. The van der Waals surface area contributed by atoms with Gasteiger partial charge in [0.2, 0.25) is 0 Å². The third-order valence-electron chi connectivity index (χ3n) is 2.77. The van der Waals surface area contributed by atoms with Crippen LogP contribution < -0.4 is 0 Å². The van der Waals surface area contributed by atoms with Crippen molar-refractivity contribution in [1.82, 2.24) is 0 Å². The molecule has 2 aromatic rings. The summed E-state index contributed by atoms with van der Waals surface area (Å²) in [7, 11) is 0. The molecule has 2 aromatic carbocycles. The molecule has 0 atom stereocenters. The van der Waals surface area contributed by atoms with Gasteiger partial charge in [-0.15, -0.1) is 11.6 Å². The lowest BCUT2D eigenvalue weighted by Gasteiger charge is -2.18. The predicted octanol–water partition coefficient (Wildman–Crippen LogP) is 4.42.